The van der Waals surface area contributed by atoms with E-state index < -0.39 is 0 Å². The molecule has 0 bridgehead atoms. The van der Waals surface area contributed by atoms with Crippen LogP contribution in [0, 0.1) is 0 Å². The van der Waals surface area contributed by atoms with Gasteiger partial charge in [-0.1, -0.05) is 134 Å². The number of unbranched alkanes of at least 4 members (excludes halogenated alkanes) is 18. The van der Waals surface area contributed by atoms with E-state index in [0.717, 1.165) is 25.9 Å². The molecule has 0 aliphatic rings. The molecule has 0 aliphatic heterocycles. The second-order valence-electron chi connectivity index (χ2n) is 12.7. The number of alkyl carbamates (subject to hydrolysis) is 1. The van der Waals surface area contributed by atoms with Crippen LogP contribution in [0.4, 0.5) is 4.79 Å². The van der Waals surface area contributed by atoms with Gasteiger partial charge in [-0.05, 0) is 59.0 Å². The van der Waals surface area contributed by atoms with Gasteiger partial charge < -0.3 is 24.4 Å². The van der Waals surface area contributed by atoms with E-state index >= 15 is 0 Å². The second kappa shape index (κ2) is 36.1. The third kappa shape index (κ3) is 35.1. The van der Waals surface area contributed by atoms with Crippen LogP contribution in [0.5, 0.6) is 0 Å². The standard InChI is InChI=1S/C38H74N2O4/c1-5-7-9-11-13-15-17-18-19-20-21-22-23-25-27-29-32-42-36-37(35-39-38(41)44-34-31-40(3)4)43-33-30-28-26-24-16-14-12-10-8-6-2/h13,15,18-19,37H,5-12,14,16-17,20-36H2,1-4H3,(H,39,41)/b15-13-,19-18-. The molecule has 0 aromatic carbocycles. The predicted octanol–water partition coefficient (Wildman–Crippen LogP) is 10.4. The van der Waals surface area contributed by atoms with Crippen molar-refractivity contribution in [2.45, 2.75) is 161 Å². The first-order valence-corrected chi connectivity index (χ1v) is 18.6. The number of rotatable bonds is 34. The third-order valence-electron chi connectivity index (χ3n) is 7.89. The minimum atomic E-state index is -0.385. The van der Waals surface area contributed by atoms with E-state index in [0.29, 0.717) is 32.9 Å². The molecule has 6 nitrogen and oxygen atoms in total. The van der Waals surface area contributed by atoms with E-state index in [2.05, 4.69) is 43.5 Å². The molecule has 260 valence electrons. The lowest BCUT2D eigenvalue weighted by atomic mass is 10.1. The number of likely N-dealkylation sites (N-methyl/N-ethyl adjacent to an activating group) is 1. The summed E-state index contributed by atoms with van der Waals surface area (Å²) in [4.78, 5) is 14.1. The molecule has 44 heavy (non-hydrogen) atoms. The van der Waals surface area contributed by atoms with Gasteiger partial charge in [-0.2, -0.15) is 0 Å². The first kappa shape index (κ1) is 42.6. The summed E-state index contributed by atoms with van der Waals surface area (Å²) in [7, 11) is 3.93. The van der Waals surface area contributed by atoms with Crippen LogP contribution in [0.2, 0.25) is 0 Å². The number of hydrogen-bond donors (Lipinski definition) is 1. The molecular formula is C38H74N2O4. The Hall–Kier alpha value is -1.37. The number of hydrogen-bond acceptors (Lipinski definition) is 5. The molecule has 1 unspecified atom stereocenters. The molecule has 6 heteroatoms. The molecule has 0 aromatic heterocycles. The molecule has 0 saturated heterocycles. The van der Waals surface area contributed by atoms with Gasteiger partial charge in [0, 0.05) is 26.3 Å². The summed E-state index contributed by atoms with van der Waals surface area (Å²) in [5.74, 6) is 0. The fourth-order valence-corrected chi connectivity index (χ4v) is 4.98. The zero-order valence-electron chi connectivity index (χ0n) is 29.8. The number of ether oxygens (including phenoxy) is 3. The summed E-state index contributed by atoms with van der Waals surface area (Å²) in [5.41, 5.74) is 0. The Bertz CT molecular complexity index is 638. The Morgan fingerprint density at radius 2 is 1.14 bits per heavy atom. The maximum absolute atomic E-state index is 12.1. The first-order valence-electron chi connectivity index (χ1n) is 18.6. The van der Waals surface area contributed by atoms with Gasteiger partial charge >= 0.3 is 6.09 Å². The van der Waals surface area contributed by atoms with Crippen molar-refractivity contribution in [1.29, 1.82) is 0 Å². The largest absolute Gasteiger partial charge is 0.448 e. The lowest BCUT2D eigenvalue weighted by molar-refractivity contribution is -0.0175. The summed E-state index contributed by atoms with van der Waals surface area (Å²) in [6, 6.07) is 0. The van der Waals surface area contributed by atoms with Gasteiger partial charge in [-0.15, -0.1) is 0 Å². The molecule has 0 fully saturated rings. The maximum atomic E-state index is 12.1. The monoisotopic (exact) mass is 623 g/mol. The fourth-order valence-electron chi connectivity index (χ4n) is 4.98. The van der Waals surface area contributed by atoms with Crippen molar-refractivity contribution in [2.24, 2.45) is 0 Å². The summed E-state index contributed by atoms with van der Waals surface area (Å²) >= 11 is 0. The lowest BCUT2D eigenvalue weighted by Gasteiger charge is -2.19. The second-order valence-corrected chi connectivity index (χ2v) is 12.7. The Labute approximate surface area is 274 Å². The Balaban J connectivity index is 3.95. The zero-order chi connectivity index (χ0) is 32.2. The number of carbonyl (C=O) groups is 1. The molecule has 0 heterocycles. The SMILES string of the molecule is CCCCC/C=C\C/C=C\CCCCCCCCOCC(CNC(=O)OCCN(C)C)OCCCCCCCCCCCC. The minimum Gasteiger partial charge on any atom is -0.448 e. The number of carbonyl (C=O) groups excluding carboxylic acids is 1. The summed E-state index contributed by atoms with van der Waals surface area (Å²) in [6.45, 7) is 8.01. The van der Waals surface area contributed by atoms with Crippen LogP contribution in [0.15, 0.2) is 24.3 Å². The van der Waals surface area contributed by atoms with Crippen LogP contribution < -0.4 is 5.32 Å². The first-order chi connectivity index (χ1) is 21.6. The van der Waals surface area contributed by atoms with Gasteiger partial charge in [0.05, 0.1) is 12.7 Å². The smallest absolute Gasteiger partial charge is 0.407 e. The van der Waals surface area contributed by atoms with Gasteiger partial charge in [-0.3, -0.25) is 0 Å². The Morgan fingerprint density at radius 3 is 1.73 bits per heavy atom. The fraction of sp³-hybridized carbons (Fsp3) is 0.868. The number of amides is 1. The Morgan fingerprint density at radius 1 is 0.636 bits per heavy atom. The van der Waals surface area contributed by atoms with E-state index in [1.54, 1.807) is 0 Å². The minimum absolute atomic E-state index is 0.139. The quantitative estimate of drug-likeness (QED) is 0.0571. The number of nitrogens with zero attached hydrogens (tertiary/aromatic N) is 1. The molecule has 1 N–H and O–H groups in total. The average Bonchev–Trinajstić information content (AvgIpc) is 3.01. The van der Waals surface area contributed by atoms with Crippen molar-refractivity contribution >= 4 is 6.09 Å². The third-order valence-corrected chi connectivity index (χ3v) is 7.89. The van der Waals surface area contributed by atoms with Gasteiger partial charge in [0.15, 0.2) is 0 Å². The topological polar surface area (TPSA) is 60.0 Å². The van der Waals surface area contributed by atoms with Crippen LogP contribution in [-0.2, 0) is 14.2 Å². The van der Waals surface area contributed by atoms with Crippen LogP contribution in [-0.4, -0.2) is 70.7 Å². The van der Waals surface area contributed by atoms with E-state index in [9.17, 15) is 4.79 Å². The van der Waals surface area contributed by atoms with Crippen molar-refractivity contribution in [2.75, 3.05) is 53.6 Å². The van der Waals surface area contributed by atoms with Crippen molar-refractivity contribution in [3.05, 3.63) is 24.3 Å². The molecule has 1 amide bonds. The summed E-state index contributed by atoms with van der Waals surface area (Å²) < 4.78 is 17.4. The van der Waals surface area contributed by atoms with Crippen LogP contribution in [0.1, 0.15) is 155 Å². The molecular weight excluding hydrogens is 548 g/mol. The lowest BCUT2D eigenvalue weighted by Crippen LogP contribution is -2.37. The molecule has 0 rings (SSSR count). The highest BCUT2D eigenvalue weighted by Crippen LogP contribution is 2.11. The van der Waals surface area contributed by atoms with Crippen molar-refractivity contribution in [1.82, 2.24) is 10.2 Å². The predicted molar refractivity (Wildman–Crippen MR) is 190 cm³/mol. The molecule has 0 aliphatic carbocycles. The van der Waals surface area contributed by atoms with E-state index in [4.69, 9.17) is 14.2 Å². The normalized spacial score (nSPS) is 12.6. The van der Waals surface area contributed by atoms with Gasteiger partial charge in [0.2, 0.25) is 0 Å². The zero-order valence-corrected chi connectivity index (χ0v) is 29.8. The highest BCUT2D eigenvalue weighted by atomic mass is 16.6. The number of nitrogens with one attached hydrogen (secondary N) is 1. The number of allylic oxidation sites excluding steroid dienone is 4. The highest BCUT2D eigenvalue weighted by molar-refractivity contribution is 5.67. The molecule has 0 saturated carbocycles. The molecule has 0 radical (unpaired) electrons. The molecule has 0 spiro atoms. The van der Waals surface area contributed by atoms with Gasteiger partial charge in [0.25, 0.3) is 0 Å². The van der Waals surface area contributed by atoms with E-state index in [-0.39, 0.29) is 12.2 Å². The van der Waals surface area contributed by atoms with Crippen molar-refractivity contribution in [3.63, 3.8) is 0 Å². The van der Waals surface area contributed by atoms with Crippen LogP contribution in [0.25, 0.3) is 0 Å². The Kier molecular flexibility index (Phi) is 35.0. The maximum Gasteiger partial charge on any atom is 0.407 e. The summed E-state index contributed by atoms with van der Waals surface area (Å²) in [5, 5.41) is 2.86. The van der Waals surface area contributed by atoms with Crippen LogP contribution in [0.3, 0.4) is 0 Å². The average molecular weight is 623 g/mol. The van der Waals surface area contributed by atoms with Gasteiger partial charge in [-0.25, -0.2) is 4.79 Å². The van der Waals surface area contributed by atoms with Crippen molar-refractivity contribution < 1.29 is 19.0 Å². The molecule has 0 aromatic rings. The summed E-state index contributed by atoms with van der Waals surface area (Å²) in [6.07, 6.45) is 36.8. The van der Waals surface area contributed by atoms with E-state index in [1.165, 1.54) is 122 Å². The van der Waals surface area contributed by atoms with Gasteiger partial charge in [0.1, 0.15) is 6.61 Å². The van der Waals surface area contributed by atoms with Crippen LogP contribution >= 0.6 is 0 Å². The van der Waals surface area contributed by atoms with Crippen molar-refractivity contribution in [3.8, 4) is 0 Å². The van der Waals surface area contributed by atoms with E-state index in [1.807, 2.05) is 19.0 Å². The molecule has 1 atom stereocenters. The highest BCUT2D eigenvalue weighted by Gasteiger charge is 2.12.